The molecule has 2 aromatic carbocycles. The molecule has 2 atom stereocenters. The standard InChI is InChI=1S/C28H35FN6O2/c1-33-16-20(29)14-21(33)18-37-28-31-25-17-35(10-7-24(25)27(32-28)34-11-8-30-9-12-34)26-15-22(36-2)13-19-5-3-4-6-23(19)26/h3-6,13,15,20-21,30H,7-12,14,16-18H2,1-2H3/t20-,21+/m1/s1. The zero-order valence-electron chi connectivity index (χ0n) is 21.6. The number of nitrogens with zero attached hydrogens (tertiary/aromatic N) is 5. The fourth-order valence-electron chi connectivity index (χ4n) is 5.82. The molecule has 0 unspecified atom stereocenters. The van der Waals surface area contributed by atoms with Gasteiger partial charge in [-0.3, -0.25) is 4.90 Å². The first-order valence-electron chi connectivity index (χ1n) is 13.2. The van der Waals surface area contributed by atoms with E-state index in [0.717, 1.165) is 67.5 Å². The van der Waals surface area contributed by atoms with Gasteiger partial charge in [-0.1, -0.05) is 24.3 Å². The molecule has 6 rings (SSSR count). The summed E-state index contributed by atoms with van der Waals surface area (Å²) in [5.74, 6) is 1.83. The van der Waals surface area contributed by atoms with E-state index >= 15 is 0 Å². The van der Waals surface area contributed by atoms with Crippen LogP contribution in [0.3, 0.4) is 0 Å². The average Bonchev–Trinajstić information content (AvgIpc) is 3.27. The molecule has 2 fully saturated rings. The topological polar surface area (TPSA) is 66.0 Å². The Labute approximate surface area is 217 Å². The minimum Gasteiger partial charge on any atom is -0.497 e. The van der Waals surface area contributed by atoms with Gasteiger partial charge in [0.2, 0.25) is 0 Å². The molecule has 0 radical (unpaired) electrons. The summed E-state index contributed by atoms with van der Waals surface area (Å²) in [5.41, 5.74) is 3.35. The summed E-state index contributed by atoms with van der Waals surface area (Å²) < 4.78 is 25.7. The van der Waals surface area contributed by atoms with Gasteiger partial charge in [-0.05, 0) is 31.3 Å². The highest BCUT2D eigenvalue weighted by molar-refractivity contribution is 5.95. The number of methoxy groups -OCH3 is 1. The second-order valence-electron chi connectivity index (χ2n) is 10.3. The average molecular weight is 507 g/mol. The van der Waals surface area contributed by atoms with E-state index in [2.05, 4.69) is 51.5 Å². The van der Waals surface area contributed by atoms with Crippen LogP contribution in [0.4, 0.5) is 15.9 Å². The summed E-state index contributed by atoms with van der Waals surface area (Å²) in [4.78, 5) is 16.6. The van der Waals surface area contributed by atoms with Crippen LogP contribution >= 0.6 is 0 Å². The fraction of sp³-hybridized carbons (Fsp3) is 0.500. The second kappa shape index (κ2) is 10.3. The van der Waals surface area contributed by atoms with E-state index in [1.54, 1.807) is 7.11 Å². The molecule has 4 heterocycles. The van der Waals surface area contributed by atoms with Gasteiger partial charge in [0.05, 0.1) is 19.3 Å². The van der Waals surface area contributed by atoms with Gasteiger partial charge in [-0.15, -0.1) is 0 Å². The lowest BCUT2D eigenvalue weighted by Crippen LogP contribution is -2.45. The molecule has 37 heavy (non-hydrogen) atoms. The molecule has 3 aromatic rings. The van der Waals surface area contributed by atoms with Crippen LogP contribution in [-0.4, -0.2) is 87.1 Å². The number of hydrogen-bond acceptors (Lipinski definition) is 8. The van der Waals surface area contributed by atoms with Gasteiger partial charge in [0.15, 0.2) is 0 Å². The van der Waals surface area contributed by atoms with Crippen LogP contribution < -0.4 is 24.6 Å². The molecule has 2 saturated heterocycles. The van der Waals surface area contributed by atoms with Crippen molar-refractivity contribution in [1.82, 2.24) is 20.2 Å². The van der Waals surface area contributed by atoms with E-state index in [9.17, 15) is 4.39 Å². The van der Waals surface area contributed by atoms with E-state index in [1.807, 2.05) is 11.9 Å². The third-order valence-corrected chi connectivity index (χ3v) is 7.87. The second-order valence-corrected chi connectivity index (χ2v) is 10.3. The Hall–Kier alpha value is -3.17. The van der Waals surface area contributed by atoms with E-state index < -0.39 is 6.17 Å². The Morgan fingerprint density at radius 2 is 1.92 bits per heavy atom. The van der Waals surface area contributed by atoms with Crippen LogP contribution in [0.1, 0.15) is 17.7 Å². The molecule has 0 bridgehead atoms. The molecule has 0 spiro atoms. The number of benzene rings is 2. The first kappa shape index (κ1) is 24.2. The van der Waals surface area contributed by atoms with Crippen molar-refractivity contribution >= 4 is 22.3 Å². The third kappa shape index (κ3) is 4.90. The van der Waals surface area contributed by atoms with Crippen molar-refractivity contribution in [2.24, 2.45) is 0 Å². The SMILES string of the molecule is COc1cc(N2CCc3c(nc(OC[C@@H]4C[C@@H](F)CN4C)nc3N3CCNCC3)C2)c2ccccc2c1. The Kier molecular flexibility index (Phi) is 6.73. The van der Waals surface area contributed by atoms with E-state index in [-0.39, 0.29) is 6.04 Å². The lowest BCUT2D eigenvalue weighted by atomic mass is 10.0. The third-order valence-electron chi connectivity index (χ3n) is 7.87. The van der Waals surface area contributed by atoms with Crippen molar-refractivity contribution in [3.63, 3.8) is 0 Å². The Morgan fingerprint density at radius 3 is 2.70 bits per heavy atom. The largest absolute Gasteiger partial charge is 0.497 e. The fourth-order valence-corrected chi connectivity index (χ4v) is 5.82. The van der Waals surface area contributed by atoms with Crippen LogP contribution in [0.15, 0.2) is 36.4 Å². The number of likely N-dealkylation sites (tertiary alicyclic amines) is 1. The summed E-state index contributed by atoms with van der Waals surface area (Å²) in [5, 5.41) is 5.78. The molecule has 8 nitrogen and oxygen atoms in total. The maximum Gasteiger partial charge on any atom is 0.318 e. The number of likely N-dealkylation sites (N-methyl/N-ethyl adjacent to an activating group) is 1. The Balaban J connectivity index is 1.33. The van der Waals surface area contributed by atoms with Crippen molar-refractivity contribution < 1.29 is 13.9 Å². The zero-order valence-corrected chi connectivity index (χ0v) is 21.6. The first-order valence-corrected chi connectivity index (χ1v) is 13.2. The lowest BCUT2D eigenvalue weighted by Gasteiger charge is -2.35. The first-order chi connectivity index (χ1) is 18.1. The van der Waals surface area contributed by atoms with Crippen molar-refractivity contribution in [1.29, 1.82) is 0 Å². The lowest BCUT2D eigenvalue weighted by molar-refractivity contribution is 0.187. The smallest absolute Gasteiger partial charge is 0.318 e. The normalized spacial score (nSPS) is 22.4. The summed E-state index contributed by atoms with van der Waals surface area (Å²) in [7, 11) is 3.66. The van der Waals surface area contributed by atoms with Gasteiger partial charge in [0, 0.05) is 68.0 Å². The zero-order chi connectivity index (χ0) is 25.4. The number of rotatable bonds is 6. The molecule has 1 N–H and O–H groups in total. The van der Waals surface area contributed by atoms with Gasteiger partial charge in [0.1, 0.15) is 24.3 Å². The maximum atomic E-state index is 13.9. The van der Waals surface area contributed by atoms with E-state index in [0.29, 0.717) is 32.1 Å². The highest BCUT2D eigenvalue weighted by Gasteiger charge is 2.31. The van der Waals surface area contributed by atoms with Gasteiger partial charge in [-0.25, -0.2) is 4.39 Å². The van der Waals surface area contributed by atoms with Gasteiger partial charge in [0.25, 0.3) is 0 Å². The molecule has 3 aliphatic rings. The van der Waals surface area contributed by atoms with Crippen molar-refractivity contribution in [2.45, 2.75) is 31.6 Å². The van der Waals surface area contributed by atoms with Crippen LogP contribution in [-0.2, 0) is 13.0 Å². The van der Waals surface area contributed by atoms with E-state index in [1.165, 1.54) is 10.9 Å². The quantitative estimate of drug-likeness (QED) is 0.548. The van der Waals surface area contributed by atoms with Gasteiger partial charge >= 0.3 is 6.01 Å². The number of piperazine rings is 1. The Morgan fingerprint density at radius 1 is 1.08 bits per heavy atom. The van der Waals surface area contributed by atoms with Gasteiger partial charge in [-0.2, -0.15) is 9.97 Å². The monoisotopic (exact) mass is 506 g/mol. The molecule has 9 heteroatoms. The molecular weight excluding hydrogens is 471 g/mol. The number of nitrogens with one attached hydrogen (secondary N) is 1. The summed E-state index contributed by atoms with van der Waals surface area (Å²) in [6, 6.07) is 13.0. The number of hydrogen-bond donors (Lipinski definition) is 1. The minimum absolute atomic E-state index is 0.0388. The van der Waals surface area contributed by atoms with E-state index in [4.69, 9.17) is 19.4 Å². The summed E-state index contributed by atoms with van der Waals surface area (Å²) in [6.45, 7) is 6.06. The molecule has 0 aliphatic carbocycles. The number of halogens is 1. The number of alkyl halides is 1. The summed E-state index contributed by atoms with van der Waals surface area (Å²) in [6.07, 6.45) is 0.545. The minimum atomic E-state index is -0.800. The predicted octanol–water partition coefficient (Wildman–Crippen LogP) is 3.03. The number of anilines is 2. The molecule has 1 aromatic heterocycles. The molecule has 3 aliphatic heterocycles. The molecular formula is C28H35FN6O2. The summed E-state index contributed by atoms with van der Waals surface area (Å²) >= 11 is 0. The van der Waals surface area contributed by atoms with Crippen molar-refractivity contribution in [3.05, 3.63) is 47.7 Å². The molecule has 0 amide bonds. The van der Waals surface area contributed by atoms with Crippen LogP contribution in [0, 0.1) is 0 Å². The maximum absolute atomic E-state index is 13.9. The van der Waals surface area contributed by atoms with Crippen LogP contribution in [0.5, 0.6) is 11.8 Å². The highest BCUT2D eigenvalue weighted by Crippen LogP contribution is 2.36. The highest BCUT2D eigenvalue weighted by atomic mass is 19.1. The number of aromatic nitrogens is 2. The van der Waals surface area contributed by atoms with Crippen molar-refractivity contribution in [2.75, 3.05) is 69.8 Å². The van der Waals surface area contributed by atoms with Crippen LogP contribution in [0.25, 0.3) is 10.8 Å². The molecule has 196 valence electrons. The van der Waals surface area contributed by atoms with Crippen molar-refractivity contribution in [3.8, 4) is 11.8 Å². The van der Waals surface area contributed by atoms with Gasteiger partial charge < -0.3 is 24.6 Å². The number of fused-ring (bicyclic) bond motifs is 2. The predicted molar refractivity (Wildman–Crippen MR) is 144 cm³/mol. The Bertz CT molecular complexity index is 1270. The van der Waals surface area contributed by atoms with Crippen LogP contribution in [0.2, 0.25) is 0 Å². The molecule has 0 saturated carbocycles. The number of ether oxygens (including phenoxy) is 2.